The molecule has 3 heteroatoms. The normalized spacial score (nSPS) is 16.9. The highest BCUT2D eigenvalue weighted by Crippen LogP contribution is 2.23. The Balaban J connectivity index is 1.90. The molecule has 2 aromatic rings. The fourth-order valence-corrected chi connectivity index (χ4v) is 2.82. The molecule has 0 unspecified atom stereocenters. The monoisotopic (exact) mass is 257 g/mol. The molecule has 3 nitrogen and oxygen atoms in total. The van der Waals surface area contributed by atoms with Gasteiger partial charge in [0.2, 0.25) is 0 Å². The van der Waals surface area contributed by atoms with Gasteiger partial charge in [0.05, 0.1) is 0 Å². The first-order valence-corrected chi connectivity index (χ1v) is 7.00. The molecular formula is C16H19NO2. The standard InChI is InChI=1S/C16H19NO2/c1-2-17-8-5-13-11-14(3-4-15(13)17)16(18)12-6-9-19-10-7-12/h3-5,8,11-12H,2,6-7,9-10H2,1H3. The Morgan fingerprint density at radius 1 is 1.32 bits per heavy atom. The zero-order valence-corrected chi connectivity index (χ0v) is 11.3. The number of aryl methyl sites for hydroxylation is 1. The van der Waals surface area contributed by atoms with E-state index in [2.05, 4.69) is 29.8 Å². The van der Waals surface area contributed by atoms with E-state index >= 15 is 0 Å². The van der Waals surface area contributed by atoms with Crippen molar-refractivity contribution in [2.75, 3.05) is 13.2 Å². The van der Waals surface area contributed by atoms with Crippen molar-refractivity contribution in [3.63, 3.8) is 0 Å². The lowest BCUT2D eigenvalue weighted by atomic mass is 9.90. The molecule has 1 aliphatic rings. The molecule has 1 saturated heterocycles. The van der Waals surface area contributed by atoms with Crippen molar-refractivity contribution in [2.45, 2.75) is 26.3 Å². The average Bonchev–Trinajstić information content (AvgIpc) is 2.89. The second kappa shape index (κ2) is 5.17. The number of aromatic nitrogens is 1. The second-order valence-corrected chi connectivity index (χ2v) is 5.13. The Morgan fingerprint density at radius 2 is 2.11 bits per heavy atom. The van der Waals surface area contributed by atoms with Gasteiger partial charge in [-0.05, 0) is 44.0 Å². The van der Waals surface area contributed by atoms with Gasteiger partial charge in [-0.15, -0.1) is 0 Å². The molecule has 100 valence electrons. The quantitative estimate of drug-likeness (QED) is 0.790. The molecule has 0 bridgehead atoms. The Bertz CT molecular complexity index is 594. The number of nitrogens with zero attached hydrogens (tertiary/aromatic N) is 1. The Kier molecular flexibility index (Phi) is 3.38. The van der Waals surface area contributed by atoms with Gasteiger partial charge in [0.1, 0.15) is 0 Å². The van der Waals surface area contributed by atoms with Crippen LogP contribution >= 0.6 is 0 Å². The number of ether oxygens (including phenoxy) is 1. The summed E-state index contributed by atoms with van der Waals surface area (Å²) in [6, 6.07) is 8.14. The molecule has 0 atom stereocenters. The number of hydrogen-bond acceptors (Lipinski definition) is 2. The number of carbonyl (C=O) groups is 1. The fourth-order valence-electron chi connectivity index (χ4n) is 2.82. The molecule has 1 aromatic heterocycles. The number of hydrogen-bond donors (Lipinski definition) is 0. The molecule has 3 rings (SSSR count). The third-order valence-electron chi connectivity index (χ3n) is 3.99. The maximum absolute atomic E-state index is 12.5. The van der Waals surface area contributed by atoms with E-state index in [0.717, 1.165) is 30.3 Å². The van der Waals surface area contributed by atoms with Crippen LogP contribution in [0.4, 0.5) is 0 Å². The van der Waals surface area contributed by atoms with Gasteiger partial charge in [-0.25, -0.2) is 0 Å². The average molecular weight is 257 g/mol. The summed E-state index contributed by atoms with van der Waals surface area (Å²) in [5, 5.41) is 1.15. The van der Waals surface area contributed by atoms with Crippen LogP contribution in [0.5, 0.6) is 0 Å². The van der Waals surface area contributed by atoms with Crippen LogP contribution in [0.15, 0.2) is 30.5 Å². The van der Waals surface area contributed by atoms with Gasteiger partial charge in [-0.3, -0.25) is 4.79 Å². The first-order valence-electron chi connectivity index (χ1n) is 7.00. The summed E-state index contributed by atoms with van der Waals surface area (Å²) in [6.45, 7) is 4.51. The summed E-state index contributed by atoms with van der Waals surface area (Å²) in [6.07, 6.45) is 3.78. The number of ketones is 1. The smallest absolute Gasteiger partial charge is 0.166 e. The van der Waals surface area contributed by atoms with Crippen molar-refractivity contribution in [1.82, 2.24) is 4.57 Å². The minimum Gasteiger partial charge on any atom is -0.381 e. The highest BCUT2D eigenvalue weighted by Gasteiger charge is 2.22. The molecule has 1 fully saturated rings. The summed E-state index contributed by atoms with van der Waals surface area (Å²) < 4.78 is 7.51. The van der Waals surface area contributed by atoms with Gasteiger partial charge in [0, 0.05) is 48.3 Å². The molecule has 1 aromatic carbocycles. The van der Waals surface area contributed by atoms with E-state index in [4.69, 9.17) is 4.74 Å². The van der Waals surface area contributed by atoms with Crippen molar-refractivity contribution in [1.29, 1.82) is 0 Å². The Morgan fingerprint density at radius 3 is 2.84 bits per heavy atom. The maximum atomic E-state index is 12.5. The number of rotatable bonds is 3. The third kappa shape index (κ3) is 2.30. The van der Waals surface area contributed by atoms with Crippen LogP contribution in [0.25, 0.3) is 10.9 Å². The summed E-state index contributed by atoms with van der Waals surface area (Å²) in [7, 11) is 0. The molecule has 1 aliphatic heterocycles. The van der Waals surface area contributed by atoms with Gasteiger partial charge in [0.25, 0.3) is 0 Å². The summed E-state index contributed by atoms with van der Waals surface area (Å²) in [5.74, 6) is 0.411. The molecular weight excluding hydrogens is 238 g/mol. The van der Waals surface area contributed by atoms with E-state index in [0.29, 0.717) is 13.2 Å². The van der Waals surface area contributed by atoms with Crippen molar-refractivity contribution in [3.05, 3.63) is 36.0 Å². The van der Waals surface area contributed by atoms with Crippen LogP contribution in [0.3, 0.4) is 0 Å². The summed E-state index contributed by atoms with van der Waals surface area (Å²) in [4.78, 5) is 12.5. The lowest BCUT2D eigenvalue weighted by molar-refractivity contribution is 0.0545. The number of Topliss-reactive ketones (excluding diaryl/α,β-unsaturated/α-hetero) is 1. The molecule has 0 amide bonds. The van der Waals surface area contributed by atoms with E-state index in [9.17, 15) is 4.79 Å². The van der Waals surface area contributed by atoms with Gasteiger partial charge < -0.3 is 9.30 Å². The van der Waals surface area contributed by atoms with E-state index in [1.165, 1.54) is 5.52 Å². The number of fused-ring (bicyclic) bond motifs is 1. The van der Waals surface area contributed by atoms with Crippen LogP contribution in [0.2, 0.25) is 0 Å². The minimum atomic E-state index is 0.138. The van der Waals surface area contributed by atoms with Gasteiger partial charge in [-0.2, -0.15) is 0 Å². The van der Waals surface area contributed by atoms with Gasteiger partial charge in [-0.1, -0.05) is 0 Å². The minimum absolute atomic E-state index is 0.138. The SMILES string of the molecule is CCn1ccc2cc(C(=O)C3CCOCC3)ccc21. The molecule has 0 saturated carbocycles. The Labute approximate surface area is 113 Å². The third-order valence-corrected chi connectivity index (χ3v) is 3.99. The molecule has 2 heterocycles. The predicted molar refractivity (Wildman–Crippen MR) is 75.5 cm³/mol. The van der Waals surface area contributed by atoms with Crippen molar-refractivity contribution >= 4 is 16.7 Å². The molecule has 0 N–H and O–H groups in total. The first kappa shape index (κ1) is 12.4. The van der Waals surface area contributed by atoms with E-state index in [1.54, 1.807) is 0 Å². The molecule has 19 heavy (non-hydrogen) atoms. The van der Waals surface area contributed by atoms with Crippen LogP contribution < -0.4 is 0 Å². The van der Waals surface area contributed by atoms with Crippen LogP contribution in [0.1, 0.15) is 30.1 Å². The zero-order chi connectivity index (χ0) is 13.2. The topological polar surface area (TPSA) is 31.2 Å². The highest BCUT2D eigenvalue weighted by molar-refractivity contribution is 6.01. The van der Waals surface area contributed by atoms with Gasteiger partial charge in [0.15, 0.2) is 5.78 Å². The second-order valence-electron chi connectivity index (χ2n) is 5.13. The number of carbonyl (C=O) groups excluding carboxylic acids is 1. The lowest BCUT2D eigenvalue weighted by Gasteiger charge is -2.20. The first-order chi connectivity index (χ1) is 9.29. The fraction of sp³-hybridized carbons (Fsp3) is 0.438. The van der Waals surface area contributed by atoms with Gasteiger partial charge >= 0.3 is 0 Å². The van der Waals surface area contributed by atoms with E-state index < -0.39 is 0 Å². The number of benzene rings is 1. The Hall–Kier alpha value is -1.61. The van der Waals surface area contributed by atoms with Crippen molar-refractivity contribution in [3.8, 4) is 0 Å². The highest BCUT2D eigenvalue weighted by atomic mass is 16.5. The van der Waals surface area contributed by atoms with Crippen molar-refractivity contribution in [2.24, 2.45) is 5.92 Å². The molecule has 0 aliphatic carbocycles. The van der Waals surface area contributed by atoms with E-state index in [-0.39, 0.29) is 11.7 Å². The van der Waals surface area contributed by atoms with Crippen molar-refractivity contribution < 1.29 is 9.53 Å². The van der Waals surface area contributed by atoms with Crippen LogP contribution in [0, 0.1) is 5.92 Å². The lowest BCUT2D eigenvalue weighted by Crippen LogP contribution is -2.23. The van der Waals surface area contributed by atoms with Crippen LogP contribution in [-0.2, 0) is 11.3 Å². The predicted octanol–water partition coefficient (Wildman–Crippen LogP) is 3.27. The van der Waals surface area contributed by atoms with E-state index in [1.807, 2.05) is 12.1 Å². The van der Waals surface area contributed by atoms with Crippen LogP contribution in [-0.4, -0.2) is 23.6 Å². The summed E-state index contributed by atoms with van der Waals surface area (Å²) >= 11 is 0. The molecule has 0 radical (unpaired) electrons. The largest absolute Gasteiger partial charge is 0.381 e. The maximum Gasteiger partial charge on any atom is 0.166 e. The summed E-state index contributed by atoms with van der Waals surface area (Å²) in [5.41, 5.74) is 2.04. The zero-order valence-electron chi connectivity index (χ0n) is 11.3. The molecule has 0 spiro atoms.